The SMILES string of the molecule is CCc1c(NC(=O)[C@@H]2CCCc3ccccc32)n[nH]c1-c1ccncc1. The van der Waals surface area contributed by atoms with Crippen LogP contribution in [-0.2, 0) is 17.6 Å². The topological polar surface area (TPSA) is 70.7 Å². The maximum atomic E-state index is 13.0. The van der Waals surface area contributed by atoms with Crippen molar-refractivity contribution < 1.29 is 4.79 Å². The lowest BCUT2D eigenvalue weighted by atomic mass is 9.82. The molecule has 4 rings (SSSR count). The second-order valence-corrected chi connectivity index (χ2v) is 6.65. The van der Waals surface area contributed by atoms with Crippen LogP contribution in [0.2, 0.25) is 0 Å². The number of pyridine rings is 1. The Morgan fingerprint density at radius 1 is 1.23 bits per heavy atom. The Bertz CT molecular complexity index is 917. The van der Waals surface area contributed by atoms with Gasteiger partial charge in [0.25, 0.3) is 0 Å². The molecule has 0 unspecified atom stereocenters. The molecule has 0 fully saturated rings. The van der Waals surface area contributed by atoms with E-state index in [1.807, 2.05) is 24.3 Å². The molecule has 1 aromatic carbocycles. The molecule has 0 radical (unpaired) electrons. The highest BCUT2D eigenvalue weighted by Gasteiger charge is 2.27. The number of rotatable bonds is 4. The Kier molecular flexibility index (Phi) is 4.52. The summed E-state index contributed by atoms with van der Waals surface area (Å²) in [5.74, 6) is 0.553. The summed E-state index contributed by atoms with van der Waals surface area (Å²) >= 11 is 0. The van der Waals surface area contributed by atoms with Crippen molar-refractivity contribution in [2.24, 2.45) is 0 Å². The lowest BCUT2D eigenvalue weighted by Crippen LogP contribution is -2.25. The number of anilines is 1. The van der Waals surface area contributed by atoms with Crippen LogP contribution in [0.25, 0.3) is 11.3 Å². The Balaban J connectivity index is 1.61. The van der Waals surface area contributed by atoms with Crippen LogP contribution in [0.3, 0.4) is 0 Å². The normalized spacial score (nSPS) is 16.1. The number of carbonyl (C=O) groups excluding carboxylic acids is 1. The van der Waals surface area contributed by atoms with E-state index in [-0.39, 0.29) is 11.8 Å². The minimum Gasteiger partial charge on any atom is -0.308 e. The molecule has 0 spiro atoms. The van der Waals surface area contributed by atoms with Gasteiger partial charge in [0.15, 0.2) is 5.82 Å². The number of aryl methyl sites for hydroxylation is 1. The molecule has 1 aliphatic carbocycles. The molecule has 0 bridgehead atoms. The number of benzene rings is 1. The van der Waals surface area contributed by atoms with Gasteiger partial charge >= 0.3 is 0 Å². The second kappa shape index (κ2) is 7.12. The molecule has 2 heterocycles. The van der Waals surface area contributed by atoms with Gasteiger partial charge in [0, 0.05) is 23.5 Å². The van der Waals surface area contributed by atoms with E-state index in [0.29, 0.717) is 5.82 Å². The first kappa shape index (κ1) is 16.5. The number of nitrogens with one attached hydrogen (secondary N) is 2. The fraction of sp³-hybridized carbons (Fsp3) is 0.286. The molecule has 1 atom stereocenters. The summed E-state index contributed by atoms with van der Waals surface area (Å²) in [4.78, 5) is 17.0. The lowest BCUT2D eigenvalue weighted by Gasteiger charge is -2.24. The molecule has 1 amide bonds. The van der Waals surface area contributed by atoms with E-state index in [9.17, 15) is 4.79 Å². The average Bonchev–Trinajstić information content (AvgIpc) is 3.10. The molecule has 132 valence electrons. The molecule has 1 aliphatic rings. The highest BCUT2D eigenvalue weighted by molar-refractivity contribution is 5.96. The highest BCUT2D eigenvalue weighted by atomic mass is 16.2. The van der Waals surface area contributed by atoms with Crippen molar-refractivity contribution in [1.29, 1.82) is 0 Å². The molecule has 5 heteroatoms. The van der Waals surface area contributed by atoms with Gasteiger partial charge < -0.3 is 5.32 Å². The highest BCUT2D eigenvalue weighted by Crippen LogP contribution is 2.33. The summed E-state index contributed by atoms with van der Waals surface area (Å²) in [6, 6.07) is 12.1. The summed E-state index contributed by atoms with van der Waals surface area (Å²) in [7, 11) is 0. The van der Waals surface area contributed by atoms with Gasteiger partial charge in [-0.15, -0.1) is 0 Å². The van der Waals surface area contributed by atoms with Gasteiger partial charge in [-0.3, -0.25) is 14.9 Å². The van der Waals surface area contributed by atoms with E-state index < -0.39 is 0 Å². The number of nitrogens with zero attached hydrogens (tertiary/aromatic N) is 2. The van der Waals surface area contributed by atoms with E-state index >= 15 is 0 Å². The van der Waals surface area contributed by atoms with Crippen LogP contribution in [0.15, 0.2) is 48.8 Å². The van der Waals surface area contributed by atoms with E-state index in [1.54, 1.807) is 12.4 Å². The largest absolute Gasteiger partial charge is 0.308 e. The molecule has 5 nitrogen and oxygen atoms in total. The van der Waals surface area contributed by atoms with Crippen LogP contribution in [0, 0.1) is 0 Å². The minimum atomic E-state index is -0.106. The average molecular weight is 346 g/mol. The molecular weight excluding hydrogens is 324 g/mol. The molecule has 2 N–H and O–H groups in total. The van der Waals surface area contributed by atoms with Gasteiger partial charge in [0.1, 0.15) is 0 Å². The summed E-state index contributed by atoms with van der Waals surface area (Å²) in [5, 5.41) is 10.5. The zero-order valence-electron chi connectivity index (χ0n) is 14.8. The molecule has 3 aromatic rings. The van der Waals surface area contributed by atoms with Gasteiger partial charge in [-0.2, -0.15) is 5.10 Å². The van der Waals surface area contributed by atoms with Crippen molar-refractivity contribution in [3.05, 3.63) is 65.5 Å². The van der Waals surface area contributed by atoms with E-state index in [0.717, 1.165) is 48.1 Å². The Labute approximate surface area is 152 Å². The monoisotopic (exact) mass is 346 g/mol. The molecule has 0 saturated heterocycles. The molecular formula is C21H22N4O. The predicted octanol–water partition coefficient (Wildman–Crippen LogP) is 4.09. The third-order valence-electron chi connectivity index (χ3n) is 5.12. The van der Waals surface area contributed by atoms with Crippen LogP contribution in [0.1, 0.15) is 42.4 Å². The number of amides is 1. The minimum absolute atomic E-state index is 0.0274. The number of fused-ring (bicyclic) bond motifs is 1. The number of aromatic amines is 1. The number of H-pyrrole nitrogens is 1. The van der Waals surface area contributed by atoms with Crippen LogP contribution < -0.4 is 5.32 Å². The third-order valence-corrected chi connectivity index (χ3v) is 5.12. The first-order chi connectivity index (χ1) is 12.8. The second-order valence-electron chi connectivity index (χ2n) is 6.65. The molecule has 2 aromatic heterocycles. The first-order valence-electron chi connectivity index (χ1n) is 9.14. The summed E-state index contributed by atoms with van der Waals surface area (Å²) < 4.78 is 0. The van der Waals surface area contributed by atoms with Crippen molar-refractivity contribution in [1.82, 2.24) is 15.2 Å². The zero-order valence-corrected chi connectivity index (χ0v) is 14.8. The standard InChI is InChI=1S/C21H22N4O/c1-2-16-19(15-10-12-22-13-11-15)24-25-20(16)23-21(26)18-9-5-7-14-6-3-4-8-17(14)18/h3-4,6,8,10-13,18H,2,5,7,9H2,1H3,(H2,23,24,25,26)/t18-/m1/s1. The predicted molar refractivity (Wildman–Crippen MR) is 102 cm³/mol. The van der Waals surface area contributed by atoms with Crippen LogP contribution >= 0.6 is 0 Å². The van der Waals surface area contributed by atoms with Crippen LogP contribution in [0.4, 0.5) is 5.82 Å². The summed E-state index contributed by atoms with van der Waals surface area (Å²) in [5.41, 5.74) is 5.42. The summed E-state index contributed by atoms with van der Waals surface area (Å²) in [6.45, 7) is 2.07. The van der Waals surface area contributed by atoms with E-state index in [1.165, 1.54) is 5.56 Å². The maximum Gasteiger partial charge on any atom is 0.233 e. The Morgan fingerprint density at radius 3 is 2.85 bits per heavy atom. The van der Waals surface area contributed by atoms with Crippen molar-refractivity contribution in [3.63, 3.8) is 0 Å². The van der Waals surface area contributed by atoms with Crippen molar-refractivity contribution >= 4 is 11.7 Å². The maximum absolute atomic E-state index is 13.0. The number of hydrogen-bond acceptors (Lipinski definition) is 3. The number of hydrogen-bond donors (Lipinski definition) is 2. The zero-order chi connectivity index (χ0) is 17.9. The van der Waals surface area contributed by atoms with Crippen LogP contribution in [-0.4, -0.2) is 21.1 Å². The fourth-order valence-corrected chi connectivity index (χ4v) is 3.80. The Morgan fingerprint density at radius 2 is 2.04 bits per heavy atom. The lowest BCUT2D eigenvalue weighted by molar-refractivity contribution is -0.117. The fourth-order valence-electron chi connectivity index (χ4n) is 3.80. The smallest absolute Gasteiger partial charge is 0.233 e. The van der Waals surface area contributed by atoms with Gasteiger partial charge in [-0.25, -0.2) is 0 Å². The molecule has 0 aliphatic heterocycles. The number of carbonyl (C=O) groups is 1. The van der Waals surface area contributed by atoms with Crippen molar-refractivity contribution in [2.45, 2.75) is 38.5 Å². The Hall–Kier alpha value is -2.95. The van der Waals surface area contributed by atoms with Crippen molar-refractivity contribution in [2.75, 3.05) is 5.32 Å². The molecule has 26 heavy (non-hydrogen) atoms. The van der Waals surface area contributed by atoms with Gasteiger partial charge in [-0.1, -0.05) is 31.2 Å². The van der Waals surface area contributed by atoms with E-state index in [4.69, 9.17) is 0 Å². The summed E-state index contributed by atoms with van der Waals surface area (Å²) in [6.07, 6.45) is 7.27. The van der Waals surface area contributed by atoms with Crippen LogP contribution in [0.5, 0.6) is 0 Å². The van der Waals surface area contributed by atoms with E-state index in [2.05, 4.69) is 39.6 Å². The molecule has 0 saturated carbocycles. The quantitative estimate of drug-likeness (QED) is 0.747. The third kappa shape index (κ3) is 3.01. The van der Waals surface area contributed by atoms with Gasteiger partial charge in [0.2, 0.25) is 5.91 Å². The first-order valence-corrected chi connectivity index (χ1v) is 9.14. The number of aromatic nitrogens is 3. The van der Waals surface area contributed by atoms with Gasteiger partial charge in [-0.05, 0) is 48.9 Å². The van der Waals surface area contributed by atoms with Crippen molar-refractivity contribution in [3.8, 4) is 11.3 Å². The van der Waals surface area contributed by atoms with Gasteiger partial charge in [0.05, 0.1) is 11.6 Å².